The fraction of sp³-hybridized carbons (Fsp3) is 0.389. The standard InChI is InChI=1S/C18H19N3O4S/c22-16(19-11-5-6-14-15(9-11)25-8-7-24-14)10-26-17-12-3-1-2-4-13(12)20-18(23)21-17/h5-6,9H,1-4,7-8,10H2,(H,19,22)(H,20,21,23). The van der Waals surface area contributed by atoms with E-state index in [-0.39, 0.29) is 17.3 Å². The fourth-order valence-corrected chi connectivity index (χ4v) is 4.05. The number of fused-ring (bicyclic) bond motifs is 2. The molecule has 4 rings (SSSR count). The van der Waals surface area contributed by atoms with Gasteiger partial charge in [0.1, 0.15) is 18.2 Å². The van der Waals surface area contributed by atoms with Crippen LogP contribution in [0.3, 0.4) is 0 Å². The molecular weight excluding hydrogens is 354 g/mol. The molecule has 0 atom stereocenters. The lowest BCUT2D eigenvalue weighted by Gasteiger charge is -2.19. The number of anilines is 1. The van der Waals surface area contributed by atoms with Gasteiger partial charge in [-0.3, -0.25) is 4.79 Å². The number of aromatic amines is 1. The smallest absolute Gasteiger partial charge is 0.346 e. The molecule has 2 aliphatic rings. The van der Waals surface area contributed by atoms with Crippen LogP contribution in [0.1, 0.15) is 24.1 Å². The molecule has 0 saturated heterocycles. The number of amides is 1. The molecule has 7 nitrogen and oxygen atoms in total. The van der Waals surface area contributed by atoms with Gasteiger partial charge in [0, 0.05) is 23.0 Å². The zero-order valence-electron chi connectivity index (χ0n) is 14.2. The van der Waals surface area contributed by atoms with Crippen LogP contribution in [0.4, 0.5) is 5.69 Å². The number of aromatic nitrogens is 2. The number of hydrogen-bond donors (Lipinski definition) is 2. The van der Waals surface area contributed by atoms with Gasteiger partial charge in [-0.05, 0) is 37.8 Å². The van der Waals surface area contributed by atoms with Crippen LogP contribution in [-0.2, 0) is 17.6 Å². The first-order valence-corrected chi connectivity index (χ1v) is 9.62. The van der Waals surface area contributed by atoms with Crippen molar-refractivity contribution in [3.05, 3.63) is 39.9 Å². The molecule has 1 aromatic carbocycles. The Hall–Kier alpha value is -2.48. The average molecular weight is 373 g/mol. The number of carbonyl (C=O) groups excluding carboxylic acids is 1. The van der Waals surface area contributed by atoms with E-state index in [1.807, 2.05) is 0 Å². The highest BCUT2D eigenvalue weighted by Crippen LogP contribution is 2.33. The van der Waals surface area contributed by atoms with Crippen LogP contribution >= 0.6 is 11.8 Å². The highest BCUT2D eigenvalue weighted by atomic mass is 32.2. The van der Waals surface area contributed by atoms with Crippen LogP contribution in [0.2, 0.25) is 0 Å². The van der Waals surface area contributed by atoms with Crippen molar-refractivity contribution in [2.75, 3.05) is 24.3 Å². The summed E-state index contributed by atoms with van der Waals surface area (Å²) in [5.74, 6) is 1.35. The SMILES string of the molecule is O=C(CSc1nc(=O)[nH]c2c1CCCC2)Nc1ccc2c(c1)OCCO2. The van der Waals surface area contributed by atoms with Crippen LogP contribution in [0.15, 0.2) is 28.0 Å². The highest BCUT2D eigenvalue weighted by molar-refractivity contribution is 8.00. The summed E-state index contributed by atoms with van der Waals surface area (Å²) in [7, 11) is 0. The summed E-state index contributed by atoms with van der Waals surface area (Å²) in [6.07, 6.45) is 3.91. The maximum Gasteiger partial charge on any atom is 0.346 e. The Morgan fingerprint density at radius 3 is 2.88 bits per heavy atom. The van der Waals surface area contributed by atoms with Crippen molar-refractivity contribution < 1.29 is 14.3 Å². The number of nitrogens with zero attached hydrogens (tertiary/aromatic N) is 1. The van der Waals surface area contributed by atoms with E-state index in [9.17, 15) is 9.59 Å². The molecule has 1 amide bonds. The van der Waals surface area contributed by atoms with Gasteiger partial charge >= 0.3 is 5.69 Å². The molecule has 0 bridgehead atoms. The Morgan fingerprint density at radius 2 is 2.00 bits per heavy atom. The Kier molecular flexibility index (Phi) is 4.83. The number of aryl methyl sites for hydroxylation is 1. The van der Waals surface area contributed by atoms with E-state index in [1.165, 1.54) is 11.8 Å². The van der Waals surface area contributed by atoms with Crippen LogP contribution in [0.25, 0.3) is 0 Å². The van der Waals surface area contributed by atoms with E-state index >= 15 is 0 Å². The zero-order valence-corrected chi connectivity index (χ0v) is 15.0. The summed E-state index contributed by atoms with van der Waals surface area (Å²) < 4.78 is 11.0. The third-order valence-corrected chi connectivity index (χ3v) is 5.37. The number of thioether (sulfide) groups is 1. The molecule has 2 N–H and O–H groups in total. The Bertz CT molecular complexity index is 896. The van der Waals surface area contributed by atoms with Crippen molar-refractivity contribution in [1.82, 2.24) is 9.97 Å². The van der Waals surface area contributed by atoms with Gasteiger partial charge in [-0.2, -0.15) is 4.98 Å². The average Bonchev–Trinajstić information content (AvgIpc) is 2.66. The topological polar surface area (TPSA) is 93.3 Å². The molecule has 26 heavy (non-hydrogen) atoms. The van der Waals surface area contributed by atoms with Gasteiger partial charge in [-0.1, -0.05) is 11.8 Å². The van der Waals surface area contributed by atoms with Crippen molar-refractivity contribution in [2.24, 2.45) is 0 Å². The Labute approximate surface area is 154 Å². The molecule has 1 aromatic heterocycles. The van der Waals surface area contributed by atoms with E-state index < -0.39 is 0 Å². The van der Waals surface area contributed by atoms with E-state index in [2.05, 4.69) is 15.3 Å². The molecule has 1 aliphatic carbocycles. The first-order chi connectivity index (χ1) is 12.7. The molecule has 136 valence electrons. The van der Waals surface area contributed by atoms with Crippen LogP contribution < -0.4 is 20.5 Å². The van der Waals surface area contributed by atoms with Gasteiger partial charge in [0.25, 0.3) is 0 Å². The van der Waals surface area contributed by atoms with Crippen LogP contribution in [0.5, 0.6) is 11.5 Å². The number of H-pyrrole nitrogens is 1. The summed E-state index contributed by atoms with van der Waals surface area (Å²) in [5, 5.41) is 3.52. The molecule has 2 aromatic rings. The molecule has 1 aliphatic heterocycles. The first kappa shape index (κ1) is 17.0. The molecule has 2 heterocycles. The first-order valence-electron chi connectivity index (χ1n) is 8.63. The molecule has 0 unspecified atom stereocenters. The molecule has 0 spiro atoms. The van der Waals surface area contributed by atoms with Gasteiger partial charge in [0.05, 0.1) is 5.75 Å². The van der Waals surface area contributed by atoms with Crippen molar-refractivity contribution in [3.63, 3.8) is 0 Å². The van der Waals surface area contributed by atoms with Crippen molar-refractivity contribution in [2.45, 2.75) is 30.7 Å². The van der Waals surface area contributed by atoms with E-state index in [4.69, 9.17) is 9.47 Å². The Balaban J connectivity index is 1.42. The largest absolute Gasteiger partial charge is 0.486 e. The predicted octanol–water partition coefficient (Wildman–Crippen LogP) is 2.15. The van der Waals surface area contributed by atoms with Crippen molar-refractivity contribution in [1.29, 1.82) is 0 Å². The molecule has 0 fully saturated rings. The molecule has 0 radical (unpaired) electrons. The quantitative estimate of drug-likeness (QED) is 0.630. The minimum Gasteiger partial charge on any atom is -0.486 e. The lowest BCUT2D eigenvalue weighted by atomic mass is 9.98. The number of nitrogens with one attached hydrogen (secondary N) is 2. The second-order valence-electron chi connectivity index (χ2n) is 6.21. The maximum absolute atomic E-state index is 12.3. The third kappa shape index (κ3) is 3.70. The van der Waals surface area contributed by atoms with Crippen molar-refractivity contribution >= 4 is 23.4 Å². The van der Waals surface area contributed by atoms with Gasteiger partial charge in [0.15, 0.2) is 11.5 Å². The van der Waals surface area contributed by atoms with E-state index in [0.29, 0.717) is 35.4 Å². The van der Waals surface area contributed by atoms with Gasteiger partial charge in [-0.15, -0.1) is 0 Å². The lowest BCUT2D eigenvalue weighted by molar-refractivity contribution is -0.113. The van der Waals surface area contributed by atoms with Gasteiger partial charge in [-0.25, -0.2) is 4.79 Å². The normalized spacial score (nSPS) is 15.2. The summed E-state index contributed by atoms with van der Waals surface area (Å²) in [6, 6.07) is 5.32. The number of rotatable bonds is 4. The minimum absolute atomic E-state index is 0.154. The maximum atomic E-state index is 12.3. The highest BCUT2D eigenvalue weighted by Gasteiger charge is 2.18. The summed E-state index contributed by atoms with van der Waals surface area (Å²) in [4.78, 5) is 30.9. The zero-order chi connectivity index (χ0) is 17.9. The number of carbonyl (C=O) groups is 1. The predicted molar refractivity (Wildman–Crippen MR) is 98.3 cm³/mol. The summed E-state index contributed by atoms with van der Waals surface area (Å²) in [6.45, 7) is 1.03. The number of ether oxygens (including phenoxy) is 2. The Morgan fingerprint density at radius 1 is 1.19 bits per heavy atom. The number of benzene rings is 1. The lowest BCUT2D eigenvalue weighted by Crippen LogP contribution is -2.21. The monoisotopic (exact) mass is 373 g/mol. The number of hydrogen-bond acceptors (Lipinski definition) is 6. The second-order valence-corrected chi connectivity index (χ2v) is 7.17. The third-order valence-electron chi connectivity index (χ3n) is 4.35. The van der Waals surface area contributed by atoms with E-state index in [0.717, 1.165) is 36.9 Å². The van der Waals surface area contributed by atoms with Crippen LogP contribution in [0, 0.1) is 0 Å². The summed E-state index contributed by atoms with van der Waals surface area (Å²) in [5.41, 5.74) is 2.35. The molecule has 0 saturated carbocycles. The fourth-order valence-electron chi connectivity index (χ4n) is 3.17. The second kappa shape index (κ2) is 7.41. The van der Waals surface area contributed by atoms with E-state index in [1.54, 1.807) is 18.2 Å². The molecule has 8 heteroatoms. The van der Waals surface area contributed by atoms with Gasteiger partial charge < -0.3 is 19.8 Å². The van der Waals surface area contributed by atoms with Crippen molar-refractivity contribution in [3.8, 4) is 11.5 Å². The van der Waals surface area contributed by atoms with Crippen LogP contribution in [-0.4, -0.2) is 34.8 Å². The molecular formula is C18H19N3O4S. The van der Waals surface area contributed by atoms with Gasteiger partial charge in [0.2, 0.25) is 5.91 Å². The minimum atomic E-state index is -0.347. The summed E-state index contributed by atoms with van der Waals surface area (Å²) >= 11 is 1.31.